The van der Waals surface area contributed by atoms with E-state index in [1.807, 2.05) is 0 Å². The molecule has 2 saturated heterocycles. The predicted molar refractivity (Wildman–Crippen MR) is 43.9 cm³/mol. The molecule has 0 aromatic carbocycles. The summed E-state index contributed by atoms with van der Waals surface area (Å²) in [4.78, 5) is 12.8. The Morgan fingerprint density at radius 2 is 2.58 bits per heavy atom. The number of amides is 1. The highest BCUT2D eigenvalue weighted by atomic mass is 16.6. The van der Waals surface area contributed by atoms with Crippen LogP contribution in [-0.2, 0) is 4.74 Å². The van der Waals surface area contributed by atoms with E-state index in [0.717, 1.165) is 26.2 Å². The van der Waals surface area contributed by atoms with Gasteiger partial charge >= 0.3 is 6.09 Å². The molecule has 0 aromatic heterocycles. The maximum atomic E-state index is 11.0. The second-order valence-electron chi connectivity index (χ2n) is 3.42. The van der Waals surface area contributed by atoms with E-state index in [0.29, 0.717) is 12.5 Å². The van der Waals surface area contributed by atoms with Crippen molar-refractivity contribution in [1.29, 1.82) is 0 Å². The third-order valence-electron chi connectivity index (χ3n) is 2.49. The molecule has 0 radical (unpaired) electrons. The molecule has 2 aliphatic heterocycles. The Labute approximate surface area is 71.9 Å². The lowest BCUT2D eigenvalue weighted by molar-refractivity contribution is 0.155. The lowest BCUT2D eigenvalue weighted by Gasteiger charge is -2.16. The molecular formula is C8H14N2O2. The van der Waals surface area contributed by atoms with Gasteiger partial charge < -0.3 is 15.0 Å². The largest absolute Gasteiger partial charge is 0.448 e. The number of nitrogens with zero attached hydrogens (tertiary/aromatic N) is 1. The van der Waals surface area contributed by atoms with Crippen LogP contribution in [0.25, 0.3) is 0 Å². The minimum Gasteiger partial charge on any atom is -0.448 e. The highest BCUT2D eigenvalue weighted by molar-refractivity contribution is 5.69. The van der Waals surface area contributed by atoms with Crippen LogP contribution in [0.1, 0.15) is 6.42 Å². The number of carbonyl (C=O) groups is 1. The predicted octanol–water partition coefficient (Wildman–Crippen LogP) is 0.0481. The van der Waals surface area contributed by atoms with Crippen molar-refractivity contribution in [2.24, 2.45) is 5.92 Å². The molecule has 0 saturated carbocycles. The zero-order valence-corrected chi connectivity index (χ0v) is 7.08. The van der Waals surface area contributed by atoms with Gasteiger partial charge in [-0.15, -0.1) is 0 Å². The number of ether oxygens (including phenoxy) is 1. The molecular weight excluding hydrogens is 156 g/mol. The van der Waals surface area contributed by atoms with Gasteiger partial charge in [0.25, 0.3) is 0 Å². The van der Waals surface area contributed by atoms with Gasteiger partial charge in [0.15, 0.2) is 0 Å². The minimum atomic E-state index is -0.137. The van der Waals surface area contributed by atoms with Crippen molar-refractivity contribution in [3.05, 3.63) is 0 Å². The molecule has 2 rings (SSSR count). The Morgan fingerprint density at radius 3 is 3.17 bits per heavy atom. The van der Waals surface area contributed by atoms with E-state index >= 15 is 0 Å². The molecule has 12 heavy (non-hydrogen) atoms. The number of carbonyl (C=O) groups excluding carboxylic acids is 1. The zero-order chi connectivity index (χ0) is 8.39. The fourth-order valence-electron chi connectivity index (χ4n) is 1.77. The Hall–Kier alpha value is -0.770. The van der Waals surface area contributed by atoms with Crippen LogP contribution in [0.3, 0.4) is 0 Å². The van der Waals surface area contributed by atoms with Crippen molar-refractivity contribution in [1.82, 2.24) is 10.2 Å². The molecule has 2 aliphatic rings. The van der Waals surface area contributed by atoms with Crippen molar-refractivity contribution in [2.75, 3.05) is 32.8 Å². The van der Waals surface area contributed by atoms with Crippen molar-refractivity contribution in [3.8, 4) is 0 Å². The van der Waals surface area contributed by atoms with Gasteiger partial charge in [0.1, 0.15) is 6.61 Å². The van der Waals surface area contributed by atoms with Gasteiger partial charge in [0.2, 0.25) is 0 Å². The van der Waals surface area contributed by atoms with Crippen LogP contribution in [-0.4, -0.2) is 43.8 Å². The van der Waals surface area contributed by atoms with Gasteiger partial charge in [-0.05, 0) is 25.4 Å². The SMILES string of the molecule is O=C1OCCN1C[C@@H]1CCNC1. The van der Waals surface area contributed by atoms with Crippen molar-refractivity contribution >= 4 is 6.09 Å². The van der Waals surface area contributed by atoms with Crippen LogP contribution in [0.4, 0.5) is 4.79 Å². The van der Waals surface area contributed by atoms with Crippen LogP contribution in [0.5, 0.6) is 0 Å². The summed E-state index contributed by atoms with van der Waals surface area (Å²) < 4.78 is 4.84. The highest BCUT2D eigenvalue weighted by Crippen LogP contribution is 2.12. The summed E-state index contributed by atoms with van der Waals surface area (Å²) in [6, 6.07) is 0. The molecule has 1 amide bonds. The third kappa shape index (κ3) is 1.53. The topological polar surface area (TPSA) is 41.6 Å². The van der Waals surface area contributed by atoms with E-state index in [1.165, 1.54) is 6.42 Å². The molecule has 0 spiro atoms. The first-order valence-corrected chi connectivity index (χ1v) is 4.48. The van der Waals surface area contributed by atoms with Gasteiger partial charge in [-0.2, -0.15) is 0 Å². The van der Waals surface area contributed by atoms with Crippen molar-refractivity contribution in [2.45, 2.75) is 6.42 Å². The van der Waals surface area contributed by atoms with Crippen molar-refractivity contribution < 1.29 is 9.53 Å². The van der Waals surface area contributed by atoms with Gasteiger partial charge in [-0.25, -0.2) is 4.79 Å². The van der Waals surface area contributed by atoms with Gasteiger partial charge in [-0.1, -0.05) is 0 Å². The van der Waals surface area contributed by atoms with Crippen LogP contribution in [0.2, 0.25) is 0 Å². The average molecular weight is 170 g/mol. The molecule has 2 fully saturated rings. The summed E-state index contributed by atoms with van der Waals surface area (Å²) in [5.74, 6) is 0.635. The molecule has 0 bridgehead atoms. The van der Waals surface area contributed by atoms with E-state index in [9.17, 15) is 4.79 Å². The van der Waals surface area contributed by atoms with E-state index in [4.69, 9.17) is 4.74 Å². The smallest absolute Gasteiger partial charge is 0.409 e. The summed E-state index contributed by atoms with van der Waals surface area (Å²) in [5, 5.41) is 3.28. The summed E-state index contributed by atoms with van der Waals surface area (Å²) in [7, 11) is 0. The molecule has 0 aliphatic carbocycles. The monoisotopic (exact) mass is 170 g/mol. The number of hydrogen-bond donors (Lipinski definition) is 1. The van der Waals surface area contributed by atoms with Crippen LogP contribution in [0.15, 0.2) is 0 Å². The second kappa shape index (κ2) is 3.31. The Bertz CT molecular complexity index is 178. The summed E-state index contributed by atoms with van der Waals surface area (Å²) >= 11 is 0. The number of hydrogen-bond acceptors (Lipinski definition) is 3. The second-order valence-corrected chi connectivity index (χ2v) is 3.42. The molecule has 4 heteroatoms. The van der Waals surface area contributed by atoms with Gasteiger partial charge in [0.05, 0.1) is 6.54 Å². The molecule has 1 N–H and O–H groups in total. The lowest BCUT2D eigenvalue weighted by Crippen LogP contribution is -2.31. The molecule has 0 unspecified atom stereocenters. The molecule has 2 heterocycles. The maximum Gasteiger partial charge on any atom is 0.409 e. The normalized spacial score (nSPS) is 29.5. The Kier molecular flexibility index (Phi) is 2.17. The van der Waals surface area contributed by atoms with Crippen molar-refractivity contribution in [3.63, 3.8) is 0 Å². The molecule has 1 atom stereocenters. The first-order chi connectivity index (χ1) is 5.86. The van der Waals surface area contributed by atoms with Gasteiger partial charge in [0, 0.05) is 6.54 Å². The quantitative estimate of drug-likeness (QED) is 0.636. The molecule has 0 aromatic rings. The Balaban J connectivity index is 1.81. The van der Waals surface area contributed by atoms with E-state index in [-0.39, 0.29) is 6.09 Å². The fourth-order valence-corrected chi connectivity index (χ4v) is 1.77. The standard InChI is InChI=1S/C8H14N2O2/c11-8-10(3-4-12-8)6-7-1-2-9-5-7/h7,9H,1-6H2/t7-/m1/s1. The number of rotatable bonds is 2. The third-order valence-corrected chi connectivity index (χ3v) is 2.49. The van der Waals surface area contributed by atoms with E-state index in [2.05, 4.69) is 5.32 Å². The Morgan fingerprint density at radius 1 is 1.67 bits per heavy atom. The first kappa shape index (κ1) is 7.86. The fraction of sp³-hybridized carbons (Fsp3) is 0.875. The number of cyclic esters (lactones) is 1. The molecule has 68 valence electrons. The van der Waals surface area contributed by atoms with Gasteiger partial charge in [-0.3, -0.25) is 0 Å². The highest BCUT2D eigenvalue weighted by Gasteiger charge is 2.26. The van der Waals surface area contributed by atoms with E-state index < -0.39 is 0 Å². The van der Waals surface area contributed by atoms with Crippen LogP contribution in [0, 0.1) is 5.92 Å². The summed E-state index contributed by atoms with van der Waals surface area (Å²) in [5.41, 5.74) is 0. The summed E-state index contributed by atoms with van der Waals surface area (Å²) in [6.07, 6.45) is 1.05. The minimum absolute atomic E-state index is 0.137. The average Bonchev–Trinajstić information content (AvgIpc) is 2.65. The zero-order valence-electron chi connectivity index (χ0n) is 7.08. The first-order valence-electron chi connectivity index (χ1n) is 4.48. The lowest BCUT2D eigenvalue weighted by atomic mass is 10.1. The summed E-state index contributed by atoms with van der Waals surface area (Å²) in [6.45, 7) is 4.34. The maximum absolute atomic E-state index is 11.0. The number of nitrogens with one attached hydrogen (secondary N) is 1. The van der Waals surface area contributed by atoms with Crippen LogP contribution >= 0.6 is 0 Å². The molecule has 4 nitrogen and oxygen atoms in total. The van der Waals surface area contributed by atoms with Crippen LogP contribution < -0.4 is 5.32 Å². The van der Waals surface area contributed by atoms with E-state index in [1.54, 1.807) is 4.90 Å².